The predicted octanol–water partition coefficient (Wildman–Crippen LogP) is 3.58. The summed E-state index contributed by atoms with van der Waals surface area (Å²) >= 11 is 6.15. The van der Waals surface area contributed by atoms with Crippen LogP contribution < -0.4 is 0 Å². The van der Waals surface area contributed by atoms with Gasteiger partial charge in [0.05, 0.1) is 17.5 Å². The standard InChI is InChI=1S/C17H22ClN3O2/c1-5-11-8-13(14(10(11)2)23-17(3,4)22)21-7-6-12-15(18)19-9-20-16(12)21/h5-7,9-11,13-14,22H,1,8H2,2-4H3/t10-,11+,13-,14-/m1/s1. The van der Waals surface area contributed by atoms with Crippen molar-refractivity contribution in [2.45, 2.75) is 45.1 Å². The first-order valence-electron chi connectivity index (χ1n) is 7.81. The summed E-state index contributed by atoms with van der Waals surface area (Å²) < 4.78 is 8.05. The zero-order valence-corrected chi connectivity index (χ0v) is 14.4. The van der Waals surface area contributed by atoms with Crippen LogP contribution in [0, 0.1) is 11.8 Å². The number of nitrogens with zero attached hydrogens (tertiary/aromatic N) is 3. The summed E-state index contributed by atoms with van der Waals surface area (Å²) in [6, 6.07) is 1.98. The first kappa shape index (κ1) is 16.4. The molecule has 0 aromatic carbocycles. The molecule has 5 nitrogen and oxygen atoms in total. The molecule has 1 fully saturated rings. The SMILES string of the molecule is C=C[C@H]1C[C@@H](n2ccc3c(Cl)ncnc32)[C@H](OC(C)(C)O)[C@@H]1C. The molecule has 0 spiro atoms. The van der Waals surface area contributed by atoms with Crippen LogP contribution in [0.4, 0.5) is 0 Å². The highest BCUT2D eigenvalue weighted by Gasteiger charge is 2.43. The summed E-state index contributed by atoms with van der Waals surface area (Å²) in [4.78, 5) is 8.40. The zero-order valence-electron chi connectivity index (χ0n) is 13.6. The Kier molecular flexibility index (Phi) is 4.21. The monoisotopic (exact) mass is 335 g/mol. The van der Waals surface area contributed by atoms with E-state index in [1.54, 1.807) is 13.8 Å². The smallest absolute Gasteiger partial charge is 0.160 e. The largest absolute Gasteiger partial charge is 0.366 e. The van der Waals surface area contributed by atoms with E-state index in [9.17, 15) is 5.11 Å². The summed E-state index contributed by atoms with van der Waals surface area (Å²) in [6.45, 7) is 9.39. The van der Waals surface area contributed by atoms with Crippen molar-refractivity contribution < 1.29 is 9.84 Å². The van der Waals surface area contributed by atoms with Gasteiger partial charge in [0.15, 0.2) is 5.79 Å². The number of aromatic nitrogens is 3. The van der Waals surface area contributed by atoms with Crippen LogP contribution in [-0.4, -0.2) is 31.5 Å². The fraction of sp³-hybridized carbons (Fsp3) is 0.529. The minimum Gasteiger partial charge on any atom is -0.366 e. The Balaban J connectivity index is 2.04. The second kappa shape index (κ2) is 5.89. The van der Waals surface area contributed by atoms with Crippen molar-refractivity contribution in [3.63, 3.8) is 0 Å². The van der Waals surface area contributed by atoms with E-state index in [0.29, 0.717) is 11.1 Å². The molecular weight excluding hydrogens is 314 g/mol. The lowest BCUT2D eigenvalue weighted by Gasteiger charge is -2.31. The van der Waals surface area contributed by atoms with Crippen LogP contribution in [-0.2, 0) is 4.74 Å². The number of ether oxygens (including phenoxy) is 1. The summed E-state index contributed by atoms with van der Waals surface area (Å²) in [5, 5.41) is 11.4. The molecule has 1 saturated carbocycles. The molecular formula is C17H22ClN3O2. The van der Waals surface area contributed by atoms with E-state index in [4.69, 9.17) is 16.3 Å². The van der Waals surface area contributed by atoms with Gasteiger partial charge in [-0.25, -0.2) is 9.97 Å². The highest BCUT2D eigenvalue weighted by Crippen LogP contribution is 2.44. The van der Waals surface area contributed by atoms with Gasteiger partial charge in [0, 0.05) is 6.20 Å². The molecule has 1 aliphatic rings. The number of allylic oxidation sites excluding steroid dienone is 1. The minimum absolute atomic E-state index is 0.0582. The van der Waals surface area contributed by atoms with Crippen LogP contribution in [0.3, 0.4) is 0 Å². The second-order valence-corrected chi connectivity index (χ2v) is 7.07. The van der Waals surface area contributed by atoms with E-state index in [2.05, 4.69) is 28.0 Å². The third-order valence-electron chi connectivity index (χ3n) is 4.63. The first-order chi connectivity index (χ1) is 10.8. The average molecular weight is 336 g/mol. The molecule has 2 aromatic heterocycles. The topological polar surface area (TPSA) is 60.2 Å². The number of halogens is 1. The maximum absolute atomic E-state index is 10.1. The van der Waals surface area contributed by atoms with Gasteiger partial charge in [0.2, 0.25) is 0 Å². The van der Waals surface area contributed by atoms with Gasteiger partial charge in [-0.3, -0.25) is 0 Å². The number of aliphatic hydroxyl groups is 1. The van der Waals surface area contributed by atoms with Crippen molar-refractivity contribution in [1.82, 2.24) is 14.5 Å². The Morgan fingerprint density at radius 2 is 2.22 bits per heavy atom. The third-order valence-corrected chi connectivity index (χ3v) is 4.93. The minimum atomic E-state index is -1.19. The van der Waals surface area contributed by atoms with E-state index in [1.807, 2.05) is 18.3 Å². The lowest BCUT2D eigenvalue weighted by atomic mass is 9.97. The van der Waals surface area contributed by atoms with Crippen LogP contribution in [0.5, 0.6) is 0 Å². The average Bonchev–Trinajstić information content (AvgIpc) is 3.01. The molecule has 1 N–H and O–H groups in total. The highest BCUT2D eigenvalue weighted by atomic mass is 35.5. The van der Waals surface area contributed by atoms with E-state index < -0.39 is 5.79 Å². The molecule has 0 aliphatic heterocycles. The molecule has 0 unspecified atom stereocenters. The van der Waals surface area contributed by atoms with Gasteiger partial charge in [0.25, 0.3) is 0 Å². The van der Waals surface area contributed by atoms with Gasteiger partial charge in [0.1, 0.15) is 17.1 Å². The van der Waals surface area contributed by atoms with E-state index >= 15 is 0 Å². The predicted molar refractivity (Wildman–Crippen MR) is 90.2 cm³/mol. The van der Waals surface area contributed by atoms with Crippen molar-refractivity contribution in [2.24, 2.45) is 11.8 Å². The van der Waals surface area contributed by atoms with E-state index in [-0.39, 0.29) is 18.1 Å². The van der Waals surface area contributed by atoms with Gasteiger partial charge in [-0.05, 0) is 38.2 Å². The molecule has 124 valence electrons. The highest BCUT2D eigenvalue weighted by molar-refractivity contribution is 6.33. The fourth-order valence-electron chi connectivity index (χ4n) is 3.53. The molecule has 0 amide bonds. The van der Waals surface area contributed by atoms with Gasteiger partial charge in [-0.15, -0.1) is 6.58 Å². The van der Waals surface area contributed by atoms with Crippen molar-refractivity contribution in [3.05, 3.63) is 36.4 Å². The molecule has 6 heteroatoms. The lowest BCUT2D eigenvalue weighted by Crippen LogP contribution is -2.36. The number of fused-ring (bicyclic) bond motifs is 1. The normalized spacial score (nSPS) is 28.4. The third kappa shape index (κ3) is 3.01. The fourth-order valence-corrected chi connectivity index (χ4v) is 3.72. The summed E-state index contributed by atoms with van der Waals surface area (Å²) in [5.41, 5.74) is 0.788. The zero-order chi connectivity index (χ0) is 16.8. The van der Waals surface area contributed by atoms with Crippen molar-refractivity contribution >= 4 is 22.6 Å². The molecule has 2 heterocycles. The second-order valence-electron chi connectivity index (χ2n) is 6.72. The van der Waals surface area contributed by atoms with E-state index in [1.165, 1.54) is 6.33 Å². The summed E-state index contributed by atoms with van der Waals surface area (Å²) in [6.07, 6.45) is 6.16. The van der Waals surface area contributed by atoms with Crippen molar-refractivity contribution in [3.8, 4) is 0 Å². The molecule has 0 bridgehead atoms. The Bertz CT molecular complexity index is 722. The quantitative estimate of drug-likeness (QED) is 0.527. The first-order valence-corrected chi connectivity index (χ1v) is 8.19. The lowest BCUT2D eigenvalue weighted by molar-refractivity contribution is -0.218. The van der Waals surface area contributed by atoms with Crippen LogP contribution >= 0.6 is 11.6 Å². The maximum Gasteiger partial charge on any atom is 0.160 e. The van der Waals surface area contributed by atoms with E-state index in [0.717, 1.165) is 17.5 Å². The Morgan fingerprint density at radius 3 is 2.87 bits per heavy atom. The number of rotatable bonds is 4. The molecule has 4 atom stereocenters. The van der Waals surface area contributed by atoms with Crippen LogP contribution in [0.1, 0.15) is 33.2 Å². The van der Waals surface area contributed by atoms with Crippen LogP contribution in [0.25, 0.3) is 11.0 Å². The van der Waals surface area contributed by atoms with Crippen LogP contribution in [0.2, 0.25) is 5.15 Å². The molecule has 23 heavy (non-hydrogen) atoms. The van der Waals surface area contributed by atoms with Crippen molar-refractivity contribution in [2.75, 3.05) is 0 Å². The number of hydrogen-bond donors (Lipinski definition) is 1. The Labute approximate surface area is 141 Å². The summed E-state index contributed by atoms with van der Waals surface area (Å²) in [7, 11) is 0. The molecule has 1 aliphatic carbocycles. The Hall–Kier alpha value is -1.43. The molecule has 2 aromatic rings. The summed E-state index contributed by atoms with van der Waals surface area (Å²) in [5.74, 6) is -0.621. The van der Waals surface area contributed by atoms with Gasteiger partial charge >= 0.3 is 0 Å². The van der Waals surface area contributed by atoms with Crippen molar-refractivity contribution in [1.29, 1.82) is 0 Å². The van der Waals surface area contributed by atoms with Gasteiger partial charge < -0.3 is 14.4 Å². The molecule has 3 rings (SSSR count). The van der Waals surface area contributed by atoms with Gasteiger partial charge in [-0.1, -0.05) is 24.6 Å². The molecule has 0 saturated heterocycles. The van der Waals surface area contributed by atoms with Gasteiger partial charge in [-0.2, -0.15) is 0 Å². The molecule has 0 radical (unpaired) electrons. The maximum atomic E-state index is 10.1. The Morgan fingerprint density at radius 1 is 1.48 bits per heavy atom. The number of hydrogen-bond acceptors (Lipinski definition) is 4. The van der Waals surface area contributed by atoms with Crippen LogP contribution in [0.15, 0.2) is 31.2 Å².